The molecular formula is C17H19N3O3. The van der Waals surface area contributed by atoms with Crippen LogP contribution in [0.15, 0.2) is 59.8 Å². The van der Waals surface area contributed by atoms with Gasteiger partial charge in [0.1, 0.15) is 5.75 Å². The summed E-state index contributed by atoms with van der Waals surface area (Å²) in [5.74, 6) is 0.613. The van der Waals surface area contributed by atoms with E-state index in [-0.39, 0.29) is 11.7 Å². The number of carbonyl (C=O) groups is 1. The van der Waals surface area contributed by atoms with Crippen molar-refractivity contribution in [3.05, 3.63) is 60.2 Å². The molecule has 0 aliphatic heterocycles. The summed E-state index contributed by atoms with van der Waals surface area (Å²) in [6.45, 7) is 1.60. The van der Waals surface area contributed by atoms with Crippen LogP contribution in [0.1, 0.15) is 12.5 Å². The fraction of sp³-hybridized carbons (Fsp3) is 0.176. The molecule has 2 aromatic carbocycles. The van der Waals surface area contributed by atoms with Gasteiger partial charge in [-0.05, 0) is 31.2 Å². The Labute approximate surface area is 134 Å². The number of benzene rings is 2. The Bertz CT molecular complexity index is 669. The van der Waals surface area contributed by atoms with Crippen molar-refractivity contribution < 1.29 is 14.4 Å². The number of hydrogen-bond acceptors (Lipinski definition) is 4. The van der Waals surface area contributed by atoms with Crippen molar-refractivity contribution in [3.63, 3.8) is 0 Å². The first kappa shape index (κ1) is 16.4. The fourth-order valence-electron chi connectivity index (χ4n) is 1.76. The summed E-state index contributed by atoms with van der Waals surface area (Å²) in [6, 6.07) is 16.2. The monoisotopic (exact) mass is 313 g/mol. The lowest BCUT2D eigenvalue weighted by molar-refractivity contribution is -0.126. The molecule has 0 saturated carbocycles. The number of anilines is 1. The van der Waals surface area contributed by atoms with E-state index < -0.39 is 6.10 Å². The number of nitrogens with one attached hydrogen (secondary N) is 1. The second-order valence-corrected chi connectivity index (χ2v) is 4.81. The average Bonchev–Trinajstić information content (AvgIpc) is 2.60. The number of oxime groups is 1. The molecular weight excluding hydrogens is 294 g/mol. The van der Waals surface area contributed by atoms with Crippen LogP contribution in [0.4, 0.5) is 5.69 Å². The molecule has 120 valence electrons. The number of amidine groups is 1. The highest BCUT2D eigenvalue weighted by molar-refractivity contribution is 5.97. The topological polar surface area (TPSA) is 85.9 Å². The molecule has 0 fully saturated rings. The minimum Gasteiger partial charge on any atom is -0.497 e. The summed E-state index contributed by atoms with van der Waals surface area (Å²) in [5, 5.41) is 6.52. The summed E-state index contributed by atoms with van der Waals surface area (Å²) in [5.41, 5.74) is 7.18. The maximum Gasteiger partial charge on any atom is 0.267 e. The third kappa shape index (κ3) is 4.74. The highest BCUT2D eigenvalue weighted by Gasteiger charge is 2.14. The predicted molar refractivity (Wildman–Crippen MR) is 89.3 cm³/mol. The fourth-order valence-corrected chi connectivity index (χ4v) is 1.76. The van der Waals surface area contributed by atoms with Crippen molar-refractivity contribution >= 4 is 17.4 Å². The molecule has 2 rings (SSSR count). The van der Waals surface area contributed by atoms with Crippen molar-refractivity contribution in [2.24, 2.45) is 10.9 Å². The van der Waals surface area contributed by atoms with Gasteiger partial charge in [-0.25, -0.2) is 0 Å². The van der Waals surface area contributed by atoms with Crippen LogP contribution in [0.2, 0.25) is 0 Å². The number of nitrogens with two attached hydrogens (primary N) is 1. The molecule has 1 unspecified atom stereocenters. The molecule has 2 aromatic rings. The van der Waals surface area contributed by atoms with Gasteiger partial charge in [-0.15, -0.1) is 0 Å². The second-order valence-electron chi connectivity index (χ2n) is 4.81. The van der Waals surface area contributed by atoms with Gasteiger partial charge in [-0.1, -0.05) is 35.5 Å². The highest BCUT2D eigenvalue weighted by atomic mass is 16.6. The number of amides is 1. The van der Waals surface area contributed by atoms with Crippen molar-refractivity contribution in [2.75, 3.05) is 12.4 Å². The molecule has 0 bridgehead atoms. The molecule has 0 saturated heterocycles. The van der Waals surface area contributed by atoms with Gasteiger partial charge < -0.3 is 20.6 Å². The van der Waals surface area contributed by atoms with Gasteiger partial charge in [-0.3, -0.25) is 4.79 Å². The highest BCUT2D eigenvalue weighted by Crippen LogP contribution is 2.15. The van der Waals surface area contributed by atoms with Gasteiger partial charge in [0.2, 0.25) is 6.10 Å². The maximum absolute atomic E-state index is 12.0. The molecule has 0 radical (unpaired) electrons. The second kappa shape index (κ2) is 7.84. The van der Waals surface area contributed by atoms with Crippen molar-refractivity contribution in [2.45, 2.75) is 13.0 Å². The Morgan fingerprint density at radius 3 is 2.39 bits per heavy atom. The van der Waals surface area contributed by atoms with E-state index in [2.05, 4.69) is 10.5 Å². The van der Waals surface area contributed by atoms with Crippen LogP contribution in [-0.4, -0.2) is 25.0 Å². The summed E-state index contributed by atoms with van der Waals surface area (Å²) in [6.07, 6.45) is -0.778. The van der Waals surface area contributed by atoms with Crippen molar-refractivity contribution in [1.82, 2.24) is 0 Å². The summed E-state index contributed by atoms with van der Waals surface area (Å²) < 4.78 is 5.06. The average molecular weight is 313 g/mol. The first-order valence-corrected chi connectivity index (χ1v) is 7.10. The molecule has 0 spiro atoms. The standard InChI is InChI=1S/C17H19N3O3/c1-12(23-20-16(18)13-6-4-3-5-7-13)17(21)19-14-8-10-15(22-2)11-9-14/h3-12H,1-2H3,(H2,18,20)(H,19,21). The number of methoxy groups -OCH3 is 1. The smallest absolute Gasteiger partial charge is 0.267 e. The molecule has 3 N–H and O–H groups in total. The number of rotatable bonds is 6. The molecule has 0 aliphatic carbocycles. The Morgan fingerprint density at radius 1 is 1.13 bits per heavy atom. The zero-order chi connectivity index (χ0) is 16.7. The van der Waals surface area contributed by atoms with E-state index in [9.17, 15) is 4.79 Å². The molecule has 0 heterocycles. The Balaban J connectivity index is 1.91. The Kier molecular flexibility index (Phi) is 5.57. The normalized spacial score (nSPS) is 12.3. The number of ether oxygens (including phenoxy) is 1. The lowest BCUT2D eigenvalue weighted by Gasteiger charge is -2.11. The summed E-state index contributed by atoms with van der Waals surface area (Å²) >= 11 is 0. The van der Waals surface area contributed by atoms with Gasteiger partial charge >= 0.3 is 0 Å². The van der Waals surface area contributed by atoms with Crippen LogP contribution in [0.5, 0.6) is 5.75 Å². The van der Waals surface area contributed by atoms with E-state index in [1.54, 1.807) is 38.3 Å². The number of carbonyl (C=O) groups excluding carboxylic acids is 1. The van der Waals surface area contributed by atoms with Gasteiger partial charge in [0.25, 0.3) is 5.91 Å². The van der Waals surface area contributed by atoms with E-state index >= 15 is 0 Å². The summed E-state index contributed by atoms with van der Waals surface area (Å²) in [4.78, 5) is 17.2. The van der Waals surface area contributed by atoms with Crippen LogP contribution in [0.3, 0.4) is 0 Å². The van der Waals surface area contributed by atoms with E-state index in [4.69, 9.17) is 15.3 Å². The molecule has 6 nitrogen and oxygen atoms in total. The summed E-state index contributed by atoms with van der Waals surface area (Å²) in [7, 11) is 1.58. The van der Waals surface area contributed by atoms with Crippen LogP contribution in [0.25, 0.3) is 0 Å². The third-order valence-electron chi connectivity index (χ3n) is 3.11. The predicted octanol–water partition coefficient (Wildman–Crippen LogP) is 2.36. The van der Waals surface area contributed by atoms with E-state index in [0.717, 1.165) is 5.56 Å². The Hall–Kier alpha value is -3.02. The molecule has 1 atom stereocenters. The quantitative estimate of drug-likeness (QED) is 0.487. The van der Waals surface area contributed by atoms with E-state index in [1.807, 2.05) is 30.3 Å². The van der Waals surface area contributed by atoms with Crippen LogP contribution >= 0.6 is 0 Å². The lowest BCUT2D eigenvalue weighted by atomic mass is 10.2. The molecule has 0 aromatic heterocycles. The van der Waals surface area contributed by atoms with Crippen LogP contribution in [0, 0.1) is 0 Å². The van der Waals surface area contributed by atoms with Gasteiger partial charge in [-0.2, -0.15) is 0 Å². The van der Waals surface area contributed by atoms with Gasteiger partial charge in [0.15, 0.2) is 5.84 Å². The van der Waals surface area contributed by atoms with Gasteiger partial charge in [0, 0.05) is 11.3 Å². The van der Waals surface area contributed by atoms with Crippen LogP contribution in [-0.2, 0) is 9.63 Å². The minimum atomic E-state index is -0.778. The first-order chi connectivity index (χ1) is 11.1. The Morgan fingerprint density at radius 2 is 1.78 bits per heavy atom. The number of nitrogens with zero attached hydrogens (tertiary/aromatic N) is 1. The zero-order valence-corrected chi connectivity index (χ0v) is 13.0. The van der Waals surface area contributed by atoms with Crippen molar-refractivity contribution in [1.29, 1.82) is 0 Å². The first-order valence-electron chi connectivity index (χ1n) is 7.10. The molecule has 6 heteroatoms. The third-order valence-corrected chi connectivity index (χ3v) is 3.11. The SMILES string of the molecule is COc1ccc(NC(=O)C(C)O/N=C(\N)c2ccccc2)cc1. The molecule has 0 aliphatic rings. The molecule has 1 amide bonds. The van der Waals surface area contributed by atoms with Crippen molar-refractivity contribution in [3.8, 4) is 5.75 Å². The van der Waals surface area contributed by atoms with E-state index in [1.165, 1.54) is 0 Å². The zero-order valence-electron chi connectivity index (χ0n) is 13.0. The minimum absolute atomic E-state index is 0.217. The van der Waals surface area contributed by atoms with E-state index in [0.29, 0.717) is 11.4 Å². The number of hydrogen-bond donors (Lipinski definition) is 2. The van der Waals surface area contributed by atoms with Crippen LogP contribution < -0.4 is 15.8 Å². The lowest BCUT2D eigenvalue weighted by Crippen LogP contribution is -2.27. The maximum atomic E-state index is 12.0. The molecule has 23 heavy (non-hydrogen) atoms. The van der Waals surface area contributed by atoms with Gasteiger partial charge in [0.05, 0.1) is 7.11 Å². The largest absolute Gasteiger partial charge is 0.497 e.